The van der Waals surface area contributed by atoms with Crippen LogP contribution in [0.2, 0.25) is 5.02 Å². The Bertz CT molecular complexity index is 815. The van der Waals surface area contributed by atoms with E-state index < -0.39 is 23.0 Å². The van der Waals surface area contributed by atoms with E-state index in [1.807, 2.05) is 10.4 Å². The van der Waals surface area contributed by atoms with Crippen LogP contribution in [-0.4, -0.2) is 15.5 Å². The lowest BCUT2D eigenvalue weighted by Crippen LogP contribution is -2.31. The fourth-order valence-corrected chi connectivity index (χ4v) is 1.87. The van der Waals surface area contributed by atoms with Gasteiger partial charge in [-0.1, -0.05) is 11.6 Å². The zero-order valence-corrected chi connectivity index (χ0v) is 11.3. The molecule has 9 heteroatoms. The van der Waals surface area contributed by atoms with Gasteiger partial charge in [-0.2, -0.15) is 0 Å². The van der Waals surface area contributed by atoms with Gasteiger partial charge in [-0.25, -0.2) is 15.0 Å². The van der Waals surface area contributed by atoms with Crippen molar-refractivity contribution in [2.24, 2.45) is 5.84 Å². The van der Waals surface area contributed by atoms with E-state index in [1.165, 1.54) is 12.1 Å². The van der Waals surface area contributed by atoms with E-state index in [2.05, 4.69) is 0 Å². The predicted molar refractivity (Wildman–Crippen MR) is 73.5 cm³/mol. The molecule has 0 bridgehead atoms. The number of hydrogen-bond acceptors (Lipinski definition) is 4. The molecule has 0 aliphatic heterocycles. The summed E-state index contributed by atoms with van der Waals surface area (Å²) in [6.45, 7) is -0.202. The van der Waals surface area contributed by atoms with Gasteiger partial charge in [-0.15, -0.1) is 0 Å². The van der Waals surface area contributed by atoms with Crippen molar-refractivity contribution in [2.45, 2.75) is 6.54 Å². The minimum atomic E-state index is -0.738. The first-order valence-corrected chi connectivity index (χ1v) is 6.09. The summed E-state index contributed by atoms with van der Waals surface area (Å²) < 4.78 is 14.8. The Balaban J connectivity index is 2.44. The van der Waals surface area contributed by atoms with Crippen molar-refractivity contribution in [3.05, 3.63) is 67.2 Å². The topological polar surface area (TPSA) is 110 Å². The number of aromatic amines is 1. The average molecular weight is 313 g/mol. The van der Waals surface area contributed by atoms with Crippen molar-refractivity contribution in [1.82, 2.24) is 15.0 Å². The molecule has 1 heterocycles. The summed E-state index contributed by atoms with van der Waals surface area (Å²) in [7, 11) is 0. The molecule has 2 aromatic rings. The molecule has 2 rings (SSSR count). The Labute approximate surface area is 122 Å². The first-order valence-electron chi connectivity index (χ1n) is 5.71. The van der Waals surface area contributed by atoms with Crippen molar-refractivity contribution >= 4 is 17.5 Å². The molecule has 7 nitrogen and oxygen atoms in total. The van der Waals surface area contributed by atoms with E-state index in [-0.39, 0.29) is 22.7 Å². The average Bonchev–Trinajstić information content (AvgIpc) is 2.46. The highest BCUT2D eigenvalue weighted by Gasteiger charge is 2.11. The molecule has 0 atom stereocenters. The summed E-state index contributed by atoms with van der Waals surface area (Å²) >= 11 is 5.62. The minimum Gasteiger partial charge on any atom is -0.295 e. The number of aromatic nitrogens is 2. The van der Waals surface area contributed by atoms with Crippen molar-refractivity contribution < 1.29 is 9.18 Å². The van der Waals surface area contributed by atoms with E-state index in [4.69, 9.17) is 17.4 Å². The second kappa shape index (κ2) is 5.90. The molecule has 0 fully saturated rings. The lowest BCUT2D eigenvalue weighted by Gasteiger charge is -2.08. The number of carbonyl (C=O) groups excluding carboxylic acids is 1. The zero-order chi connectivity index (χ0) is 15.6. The first kappa shape index (κ1) is 14.9. The Hall–Kier alpha value is -2.45. The normalized spacial score (nSPS) is 10.4. The van der Waals surface area contributed by atoms with Crippen molar-refractivity contribution in [3.8, 4) is 0 Å². The number of halogens is 2. The number of amides is 1. The van der Waals surface area contributed by atoms with Crippen LogP contribution in [0.3, 0.4) is 0 Å². The third-order valence-electron chi connectivity index (χ3n) is 2.75. The van der Waals surface area contributed by atoms with Crippen molar-refractivity contribution in [3.63, 3.8) is 0 Å². The van der Waals surface area contributed by atoms with Gasteiger partial charge in [0.2, 0.25) is 0 Å². The van der Waals surface area contributed by atoms with Crippen LogP contribution in [0.5, 0.6) is 0 Å². The number of carbonyl (C=O) groups is 1. The summed E-state index contributed by atoms with van der Waals surface area (Å²) in [5.41, 5.74) is 0.663. The fraction of sp³-hybridized carbons (Fsp3) is 0.0833. The molecular formula is C12H10ClFN4O3. The van der Waals surface area contributed by atoms with Gasteiger partial charge in [0.25, 0.3) is 11.5 Å². The van der Waals surface area contributed by atoms with Gasteiger partial charge in [0, 0.05) is 17.3 Å². The molecule has 0 saturated heterocycles. The van der Waals surface area contributed by atoms with Crippen LogP contribution in [0.1, 0.15) is 15.9 Å². The molecule has 0 unspecified atom stereocenters. The van der Waals surface area contributed by atoms with Crippen molar-refractivity contribution in [2.75, 3.05) is 0 Å². The number of benzene rings is 1. The maximum absolute atomic E-state index is 13.8. The molecule has 0 aliphatic carbocycles. The quantitative estimate of drug-likeness (QED) is 0.420. The standard InChI is InChI=1S/C12H10ClFN4O3/c13-8-5-18(12(21)16-11(8)20)4-7-3-6(10(19)17-15)1-2-9(7)14/h1-3,5H,4,15H2,(H,17,19)(H,16,20,21). The summed E-state index contributed by atoms with van der Waals surface area (Å²) in [5, 5.41) is -0.203. The number of rotatable bonds is 3. The highest BCUT2D eigenvalue weighted by molar-refractivity contribution is 6.30. The summed E-state index contributed by atoms with van der Waals surface area (Å²) in [6, 6.07) is 3.59. The predicted octanol–water partition coefficient (Wildman–Crippen LogP) is -0.0191. The number of nitrogen functional groups attached to an aromatic ring is 1. The second-order valence-corrected chi connectivity index (χ2v) is 4.55. The number of H-pyrrole nitrogens is 1. The third kappa shape index (κ3) is 3.18. The molecule has 4 N–H and O–H groups in total. The Morgan fingerprint density at radius 3 is 2.81 bits per heavy atom. The Kier molecular flexibility index (Phi) is 4.20. The van der Waals surface area contributed by atoms with E-state index in [9.17, 15) is 18.8 Å². The van der Waals surface area contributed by atoms with Crippen LogP contribution in [0.25, 0.3) is 0 Å². The van der Waals surface area contributed by atoms with Crippen LogP contribution >= 0.6 is 11.6 Å². The van der Waals surface area contributed by atoms with E-state index in [0.717, 1.165) is 16.8 Å². The smallest absolute Gasteiger partial charge is 0.295 e. The molecule has 21 heavy (non-hydrogen) atoms. The largest absolute Gasteiger partial charge is 0.328 e. The molecule has 0 radical (unpaired) electrons. The van der Waals surface area contributed by atoms with Crippen LogP contribution in [-0.2, 0) is 6.54 Å². The number of hydrogen-bond donors (Lipinski definition) is 3. The molecule has 1 aromatic carbocycles. The molecule has 0 aliphatic rings. The second-order valence-electron chi connectivity index (χ2n) is 4.14. The number of nitrogens with zero attached hydrogens (tertiary/aromatic N) is 1. The summed E-state index contributed by atoms with van der Waals surface area (Å²) in [5.74, 6) is 3.79. The van der Waals surface area contributed by atoms with Crippen molar-refractivity contribution in [1.29, 1.82) is 0 Å². The van der Waals surface area contributed by atoms with Gasteiger partial charge in [0.05, 0.1) is 6.54 Å². The van der Waals surface area contributed by atoms with E-state index >= 15 is 0 Å². The molecule has 1 aromatic heterocycles. The molecule has 0 spiro atoms. The van der Waals surface area contributed by atoms with Crippen LogP contribution < -0.4 is 22.5 Å². The molecule has 110 valence electrons. The van der Waals surface area contributed by atoms with Crippen LogP contribution in [0, 0.1) is 5.82 Å². The third-order valence-corrected chi connectivity index (χ3v) is 3.02. The molecule has 0 saturated carbocycles. The minimum absolute atomic E-state index is 0.0707. The SMILES string of the molecule is NNC(=O)c1ccc(F)c(Cn2cc(Cl)c(=O)[nH]c2=O)c1. The maximum atomic E-state index is 13.8. The highest BCUT2D eigenvalue weighted by Crippen LogP contribution is 2.12. The summed E-state index contributed by atoms with van der Waals surface area (Å²) in [4.78, 5) is 36.2. The van der Waals surface area contributed by atoms with Gasteiger partial charge in [-0.3, -0.25) is 24.6 Å². The number of hydrazine groups is 1. The van der Waals surface area contributed by atoms with E-state index in [1.54, 1.807) is 0 Å². The van der Waals surface area contributed by atoms with Gasteiger partial charge >= 0.3 is 5.69 Å². The van der Waals surface area contributed by atoms with Gasteiger partial charge in [0.15, 0.2) is 0 Å². The van der Waals surface area contributed by atoms with Gasteiger partial charge < -0.3 is 0 Å². The van der Waals surface area contributed by atoms with Crippen LogP contribution in [0.15, 0.2) is 34.0 Å². The Morgan fingerprint density at radius 1 is 1.43 bits per heavy atom. The molecule has 1 amide bonds. The molecular weight excluding hydrogens is 303 g/mol. The Morgan fingerprint density at radius 2 is 2.14 bits per heavy atom. The van der Waals surface area contributed by atoms with Gasteiger partial charge in [-0.05, 0) is 18.2 Å². The van der Waals surface area contributed by atoms with E-state index in [0.29, 0.717) is 0 Å². The summed E-state index contributed by atoms with van der Waals surface area (Å²) in [6.07, 6.45) is 1.10. The lowest BCUT2D eigenvalue weighted by atomic mass is 10.1. The first-order chi connectivity index (χ1) is 9.92. The highest BCUT2D eigenvalue weighted by atomic mass is 35.5. The maximum Gasteiger partial charge on any atom is 0.328 e. The van der Waals surface area contributed by atoms with Crippen LogP contribution in [0.4, 0.5) is 4.39 Å². The monoisotopic (exact) mass is 312 g/mol. The van der Waals surface area contributed by atoms with Gasteiger partial charge in [0.1, 0.15) is 10.8 Å². The fourth-order valence-electron chi connectivity index (χ4n) is 1.70. The number of nitrogens with one attached hydrogen (secondary N) is 2. The number of nitrogens with two attached hydrogens (primary N) is 1. The zero-order valence-electron chi connectivity index (χ0n) is 10.5. The lowest BCUT2D eigenvalue weighted by molar-refractivity contribution is 0.0953.